The maximum atomic E-state index is 10.9. The van der Waals surface area contributed by atoms with Gasteiger partial charge in [0.15, 0.2) is 5.82 Å². The van der Waals surface area contributed by atoms with E-state index in [9.17, 15) is 4.79 Å². The fourth-order valence-electron chi connectivity index (χ4n) is 1.38. The van der Waals surface area contributed by atoms with Crippen molar-refractivity contribution in [1.29, 1.82) is 0 Å². The van der Waals surface area contributed by atoms with E-state index >= 15 is 0 Å². The monoisotopic (exact) mass is 293 g/mol. The fraction of sp³-hybridized carbons (Fsp3) is 0.385. The van der Waals surface area contributed by atoms with E-state index in [0.29, 0.717) is 22.5 Å². The van der Waals surface area contributed by atoms with Crippen molar-refractivity contribution < 1.29 is 14.4 Å². The van der Waals surface area contributed by atoms with E-state index in [1.165, 1.54) is 30.1 Å². The third-order valence-corrected chi connectivity index (χ3v) is 3.37. The molecule has 0 fully saturated rings. The second-order valence-corrected chi connectivity index (χ2v) is 6.23. The van der Waals surface area contributed by atoms with E-state index in [-0.39, 0.29) is 11.0 Å². The van der Waals surface area contributed by atoms with E-state index in [0.717, 1.165) is 0 Å². The van der Waals surface area contributed by atoms with Crippen LogP contribution in [0.25, 0.3) is 0 Å². The molecule has 0 radical (unpaired) electrons. The first-order chi connectivity index (χ1) is 9.36. The Kier molecular flexibility index (Phi) is 4.08. The Morgan fingerprint density at radius 1 is 1.45 bits per heavy atom. The van der Waals surface area contributed by atoms with Crippen molar-refractivity contribution in [2.24, 2.45) is 0 Å². The molecule has 6 nitrogen and oxygen atoms in total. The molecule has 7 heteroatoms. The quantitative estimate of drug-likeness (QED) is 0.867. The number of carboxylic acids is 1. The van der Waals surface area contributed by atoms with Gasteiger partial charge in [0, 0.05) is 11.6 Å². The molecule has 0 bridgehead atoms. The first-order valence-electron chi connectivity index (χ1n) is 6.01. The van der Waals surface area contributed by atoms with Crippen LogP contribution in [0.4, 0.5) is 0 Å². The lowest BCUT2D eigenvalue weighted by atomic mass is 9.96. The summed E-state index contributed by atoms with van der Waals surface area (Å²) in [4.78, 5) is 19.3. The van der Waals surface area contributed by atoms with Gasteiger partial charge in [-0.1, -0.05) is 37.7 Å². The number of aromatic carboxylic acids is 1. The number of carboxylic acid groups (broad SMARTS) is 1. The number of nitrogens with zero attached hydrogens (tertiary/aromatic N) is 3. The Hall–Kier alpha value is -1.89. The molecule has 0 amide bonds. The Morgan fingerprint density at radius 2 is 2.20 bits per heavy atom. The molecule has 0 atom stereocenters. The third kappa shape index (κ3) is 3.57. The number of pyridine rings is 1. The normalized spacial score (nSPS) is 11.6. The molecule has 20 heavy (non-hydrogen) atoms. The summed E-state index contributed by atoms with van der Waals surface area (Å²) >= 11 is 1.36. The molecule has 0 unspecified atom stereocenters. The van der Waals surface area contributed by atoms with Gasteiger partial charge >= 0.3 is 5.97 Å². The highest BCUT2D eigenvalue weighted by atomic mass is 32.2. The molecule has 2 aromatic heterocycles. The molecule has 1 N–H and O–H groups in total. The van der Waals surface area contributed by atoms with Gasteiger partial charge in [0.05, 0.1) is 16.3 Å². The third-order valence-electron chi connectivity index (χ3n) is 2.46. The van der Waals surface area contributed by atoms with Crippen LogP contribution in [0.3, 0.4) is 0 Å². The lowest BCUT2D eigenvalue weighted by molar-refractivity contribution is 0.0696. The topological polar surface area (TPSA) is 89.1 Å². The van der Waals surface area contributed by atoms with Crippen LogP contribution < -0.4 is 0 Å². The van der Waals surface area contributed by atoms with Gasteiger partial charge in [0.2, 0.25) is 5.89 Å². The largest absolute Gasteiger partial charge is 0.478 e. The highest BCUT2D eigenvalue weighted by Crippen LogP contribution is 2.23. The zero-order valence-electron chi connectivity index (χ0n) is 11.5. The Bertz CT molecular complexity index is 619. The van der Waals surface area contributed by atoms with E-state index in [1.807, 2.05) is 20.8 Å². The molecular formula is C13H15N3O3S. The van der Waals surface area contributed by atoms with Crippen molar-refractivity contribution in [2.75, 3.05) is 0 Å². The summed E-state index contributed by atoms with van der Waals surface area (Å²) in [6.45, 7) is 6.02. The summed E-state index contributed by atoms with van der Waals surface area (Å²) in [7, 11) is 0. The zero-order chi connectivity index (χ0) is 14.8. The molecule has 106 valence electrons. The van der Waals surface area contributed by atoms with E-state index in [2.05, 4.69) is 15.1 Å². The predicted octanol–water partition coefficient (Wildman–Crippen LogP) is 2.75. The second-order valence-electron chi connectivity index (χ2n) is 5.24. The van der Waals surface area contributed by atoms with Gasteiger partial charge in [-0.05, 0) is 12.1 Å². The summed E-state index contributed by atoms with van der Waals surface area (Å²) in [5, 5.41) is 13.5. The summed E-state index contributed by atoms with van der Waals surface area (Å²) in [6.07, 6.45) is 1.47. The van der Waals surface area contributed by atoms with Crippen molar-refractivity contribution in [3.8, 4) is 0 Å². The molecule has 0 aliphatic carbocycles. The number of carbonyl (C=O) groups is 1. The maximum Gasteiger partial charge on any atom is 0.335 e. The van der Waals surface area contributed by atoms with Gasteiger partial charge in [-0.3, -0.25) is 0 Å². The summed E-state index contributed by atoms with van der Waals surface area (Å²) in [6, 6.07) is 2.98. The molecular weight excluding hydrogens is 278 g/mol. The minimum atomic E-state index is -0.970. The van der Waals surface area contributed by atoms with Crippen LogP contribution in [-0.2, 0) is 11.2 Å². The van der Waals surface area contributed by atoms with Crippen molar-refractivity contribution in [3.05, 3.63) is 35.6 Å². The van der Waals surface area contributed by atoms with Crippen LogP contribution in [0.1, 0.15) is 42.8 Å². The predicted molar refractivity (Wildman–Crippen MR) is 73.8 cm³/mol. The Labute approximate surface area is 120 Å². The van der Waals surface area contributed by atoms with Crippen LogP contribution in [0.5, 0.6) is 0 Å². The van der Waals surface area contributed by atoms with Gasteiger partial charge in [0.25, 0.3) is 0 Å². The second kappa shape index (κ2) is 5.62. The minimum Gasteiger partial charge on any atom is -0.478 e. The van der Waals surface area contributed by atoms with Crippen LogP contribution in [0, 0.1) is 0 Å². The smallest absolute Gasteiger partial charge is 0.335 e. The summed E-state index contributed by atoms with van der Waals surface area (Å²) in [5.74, 6) is 0.643. The lowest BCUT2D eigenvalue weighted by Crippen LogP contribution is -2.13. The first-order valence-corrected chi connectivity index (χ1v) is 7.00. The highest BCUT2D eigenvalue weighted by molar-refractivity contribution is 7.98. The molecule has 0 saturated heterocycles. The fourth-order valence-corrected chi connectivity index (χ4v) is 2.11. The molecule has 0 spiro atoms. The van der Waals surface area contributed by atoms with Crippen LogP contribution in [-0.4, -0.2) is 26.2 Å². The van der Waals surface area contributed by atoms with Gasteiger partial charge in [-0.15, -0.1) is 0 Å². The van der Waals surface area contributed by atoms with Crippen molar-refractivity contribution >= 4 is 17.7 Å². The number of aromatic nitrogens is 3. The van der Waals surface area contributed by atoms with Gasteiger partial charge < -0.3 is 9.63 Å². The maximum absolute atomic E-state index is 10.9. The van der Waals surface area contributed by atoms with Gasteiger partial charge in [-0.2, -0.15) is 4.98 Å². The van der Waals surface area contributed by atoms with Crippen molar-refractivity contribution in [1.82, 2.24) is 15.1 Å². The van der Waals surface area contributed by atoms with Crippen LogP contribution in [0.2, 0.25) is 0 Å². The number of hydrogen-bond acceptors (Lipinski definition) is 6. The minimum absolute atomic E-state index is 0.159. The summed E-state index contributed by atoms with van der Waals surface area (Å²) in [5.41, 5.74) is 0.0527. The standard InChI is InChI=1S/C13H15N3O3S/c1-13(2,3)12-15-9(19-16-12)7-20-10-6-8(11(17)18)4-5-14-10/h4-6H,7H2,1-3H3,(H,17,18). The Morgan fingerprint density at radius 3 is 2.80 bits per heavy atom. The molecule has 0 aliphatic rings. The number of hydrogen-bond donors (Lipinski definition) is 1. The summed E-state index contributed by atoms with van der Waals surface area (Å²) < 4.78 is 5.16. The zero-order valence-corrected chi connectivity index (χ0v) is 12.3. The molecule has 2 aromatic rings. The van der Waals surface area contributed by atoms with Crippen molar-refractivity contribution in [3.63, 3.8) is 0 Å². The van der Waals surface area contributed by atoms with E-state index in [4.69, 9.17) is 9.63 Å². The Balaban J connectivity index is 2.04. The molecule has 2 rings (SSSR count). The molecule has 0 aromatic carbocycles. The first kappa shape index (κ1) is 14.5. The highest BCUT2D eigenvalue weighted by Gasteiger charge is 2.20. The number of rotatable bonds is 4. The van der Waals surface area contributed by atoms with Crippen molar-refractivity contribution in [2.45, 2.75) is 37.0 Å². The van der Waals surface area contributed by atoms with Gasteiger partial charge in [0.1, 0.15) is 0 Å². The average Bonchev–Trinajstić information content (AvgIpc) is 2.85. The van der Waals surface area contributed by atoms with Crippen LogP contribution >= 0.6 is 11.8 Å². The molecule has 0 aliphatic heterocycles. The lowest BCUT2D eigenvalue weighted by Gasteiger charge is -2.10. The average molecular weight is 293 g/mol. The number of thioether (sulfide) groups is 1. The van der Waals surface area contributed by atoms with E-state index < -0.39 is 5.97 Å². The molecule has 0 saturated carbocycles. The van der Waals surface area contributed by atoms with E-state index in [1.54, 1.807) is 0 Å². The van der Waals surface area contributed by atoms with Gasteiger partial charge in [-0.25, -0.2) is 9.78 Å². The van der Waals surface area contributed by atoms with Crippen LogP contribution in [0.15, 0.2) is 27.9 Å². The SMILES string of the molecule is CC(C)(C)c1noc(CSc2cc(C(=O)O)ccn2)n1. The molecule has 2 heterocycles.